The van der Waals surface area contributed by atoms with Crippen LogP contribution in [0.1, 0.15) is 36.7 Å². The van der Waals surface area contributed by atoms with E-state index in [9.17, 15) is 0 Å². The third kappa shape index (κ3) is 4.69. The maximum Gasteiger partial charge on any atom is 0.240 e. The van der Waals surface area contributed by atoms with Gasteiger partial charge in [0.25, 0.3) is 0 Å². The summed E-state index contributed by atoms with van der Waals surface area (Å²) in [6, 6.07) is 9.71. The Balaban J connectivity index is 1.90. The molecule has 2 rings (SSSR count). The molecule has 0 bridgehead atoms. The van der Waals surface area contributed by atoms with Crippen molar-refractivity contribution in [1.29, 1.82) is 5.26 Å². The molecule has 5 nitrogen and oxygen atoms in total. The molecule has 0 atom stereocenters. The Hall–Kier alpha value is -2.19. The zero-order valence-corrected chi connectivity index (χ0v) is 12.7. The topological polar surface area (TPSA) is 66.0 Å². The van der Waals surface area contributed by atoms with Crippen LogP contribution in [0.5, 0.6) is 0 Å². The Morgan fingerprint density at radius 1 is 1.24 bits per heavy atom. The van der Waals surface area contributed by atoms with Gasteiger partial charge in [-0.1, -0.05) is 31.1 Å². The van der Waals surface area contributed by atoms with E-state index in [2.05, 4.69) is 35.0 Å². The van der Waals surface area contributed by atoms with Gasteiger partial charge < -0.3 is 4.52 Å². The Labute approximate surface area is 125 Å². The molecule has 0 aliphatic carbocycles. The molecule has 0 aliphatic rings. The van der Waals surface area contributed by atoms with Gasteiger partial charge in [0.2, 0.25) is 5.89 Å². The highest BCUT2D eigenvalue weighted by atomic mass is 16.5. The highest BCUT2D eigenvalue weighted by Gasteiger charge is 2.10. The molecule has 0 saturated heterocycles. The summed E-state index contributed by atoms with van der Waals surface area (Å²) in [5.41, 5.74) is 1.83. The first-order valence-corrected chi connectivity index (χ1v) is 7.06. The molecular weight excluding hydrogens is 264 g/mol. The molecule has 0 amide bonds. The minimum absolute atomic E-state index is 0.520. The third-order valence-electron chi connectivity index (χ3n) is 3.04. The summed E-state index contributed by atoms with van der Waals surface area (Å²) in [4.78, 5) is 6.50. The molecule has 0 N–H and O–H groups in total. The number of nitrogens with zero attached hydrogens (tertiary/aromatic N) is 4. The molecule has 1 heterocycles. The van der Waals surface area contributed by atoms with Crippen molar-refractivity contribution in [3.05, 3.63) is 47.1 Å². The third-order valence-corrected chi connectivity index (χ3v) is 3.04. The first-order chi connectivity index (χ1) is 10.1. The molecular formula is C16H20N4O. The van der Waals surface area contributed by atoms with E-state index >= 15 is 0 Å². The van der Waals surface area contributed by atoms with Gasteiger partial charge in [0.05, 0.1) is 18.2 Å². The van der Waals surface area contributed by atoms with Crippen molar-refractivity contribution in [2.75, 3.05) is 7.05 Å². The SMILES string of the molecule is CC(C)Cc1noc(CN(C)Cc2ccc(C#N)cc2)n1. The standard InChI is InChI=1S/C16H20N4O/c1-12(2)8-15-18-16(21-19-15)11-20(3)10-14-6-4-13(9-17)5-7-14/h4-7,12H,8,10-11H2,1-3H3. The summed E-state index contributed by atoms with van der Waals surface area (Å²) in [6.07, 6.45) is 0.836. The van der Waals surface area contributed by atoms with Gasteiger partial charge >= 0.3 is 0 Å². The summed E-state index contributed by atoms with van der Waals surface area (Å²) < 4.78 is 5.26. The Kier molecular flexibility index (Phi) is 5.07. The zero-order valence-electron chi connectivity index (χ0n) is 12.7. The van der Waals surface area contributed by atoms with Gasteiger partial charge in [0, 0.05) is 13.0 Å². The molecule has 110 valence electrons. The molecule has 2 aromatic rings. The van der Waals surface area contributed by atoms with E-state index in [0.717, 1.165) is 24.4 Å². The summed E-state index contributed by atoms with van der Waals surface area (Å²) in [5.74, 6) is 1.93. The van der Waals surface area contributed by atoms with E-state index in [0.29, 0.717) is 23.9 Å². The van der Waals surface area contributed by atoms with Crippen LogP contribution in [0.15, 0.2) is 28.8 Å². The first kappa shape index (κ1) is 15.2. The van der Waals surface area contributed by atoms with Gasteiger partial charge in [-0.2, -0.15) is 10.2 Å². The lowest BCUT2D eigenvalue weighted by Crippen LogP contribution is -2.17. The number of rotatable bonds is 6. The molecule has 0 fully saturated rings. The van der Waals surface area contributed by atoms with Crippen molar-refractivity contribution in [2.24, 2.45) is 5.92 Å². The van der Waals surface area contributed by atoms with Crippen LogP contribution in [-0.4, -0.2) is 22.1 Å². The van der Waals surface area contributed by atoms with Crippen LogP contribution in [0, 0.1) is 17.2 Å². The quantitative estimate of drug-likeness (QED) is 0.816. The van der Waals surface area contributed by atoms with Crippen LogP contribution in [0.25, 0.3) is 0 Å². The van der Waals surface area contributed by atoms with Gasteiger partial charge in [0.1, 0.15) is 0 Å². The van der Waals surface area contributed by atoms with Crippen LogP contribution in [0.2, 0.25) is 0 Å². The fourth-order valence-electron chi connectivity index (χ4n) is 2.09. The molecule has 1 aromatic carbocycles. The first-order valence-electron chi connectivity index (χ1n) is 7.06. The predicted molar refractivity (Wildman–Crippen MR) is 79.2 cm³/mol. The molecule has 0 aliphatic heterocycles. The number of aromatic nitrogens is 2. The van der Waals surface area contributed by atoms with Crippen LogP contribution >= 0.6 is 0 Å². The van der Waals surface area contributed by atoms with Gasteiger partial charge in [0.15, 0.2) is 5.82 Å². The van der Waals surface area contributed by atoms with Crippen molar-refractivity contribution in [2.45, 2.75) is 33.4 Å². The molecule has 1 aromatic heterocycles. The largest absolute Gasteiger partial charge is 0.338 e. The summed E-state index contributed by atoms with van der Waals surface area (Å²) in [6.45, 7) is 5.65. The lowest BCUT2D eigenvalue weighted by atomic mass is 10.1. The van der Waals surface area contributed by atoms with Crippen LogP contribution in [-0.2, 0) is 19.5 Å². The summed E-state index contributed by atoms with van der Waals surface area (Å²) in [7, 11) is 2.00. The smallest absolute Gasteiger partial charge is 0.240 e. The number of hydrogen-bond acceptors (Lipinski definition) is 5. The molecule has 0 saturated carbocycles. The maximum absolute atomic E-state index is 8.78. The van der Waals surface area contributed by atoms with E-state index in [1.54, 1.807) is 0 Å². The van der Waals surface area contributed by atoms with E-state index in [1.807, 2.05) is 31.3 Å². The van der Waals surface area contributed by atoms with Crippen molar-refractivity contribution in [3.63, 3.8) is 0 Å². The normalized spacial score (nSPS) is 11.0. The fourth-order valence-corrected chi connectivity index (χ4v) is 2.09. The van der Waals surface area contributed by atoms with Crippen LogP contribution in [0.4, 0.5) is 0 Å². The molecule has 0 unspecified atom stereocenters. The minimum Gasteiger partial charge on any atom is -0.338 e. The molecule has 0 spiro atoms. The lowest BCUT2D eigenvalue weighted by Gasteiger charge is -2.13. The zero-order chi connectivity index (χ0) is 15.2. The van der Waals surface area contributed by atoms with Crippen molar-refractivity contribution < 1.29 is 4.52 Å². The molecule has 5 heteroatoms. The van der Waals surface area contributed by atoms with E-state index in [-0.39, 0.29) is 0 Å². The number of hydrogen-bond donors (Lipinski definition) is 0. The lowest BCUT2D eigenvalue weighted by molar-refractivity contribution is 0.260. The second-order valence-electron chi connectivity index (χ2n) is 5.68. The number of nitriles is 1. The van der Waals surface area contributed by atoms with Gasteiger partial charge in [-0.15, -0.1) is 0 Å². The van der Waals surface area contributed by atoms with E-state index in [4.69, 9.17) is 9.78 Å². The highest BCUT2D eigenvalue weighted by molar-refractivity contribution is 5.31. The van der Waals surface area contributed by atoms with E-state index in [1.165, 1.54) is 0 Å². The van der Waals surface area contributed by atoms with E-state index < -0.39 is 0 Å². The average molecular weight is 284 g/mol. The maximum atomic E-state index is 8.78. The molecule has 0 radical (unpaired) electrons. The van der Waals surface area contributed by atoms with Gasteiger partial charge in [-0.25, -0.2) is 0 Å². The summed E-state index contributed by atoms with van der Waals surface area (Å²) >= 11 is 0. The highest BCUT2D eigenvalue weighted by Crippen LogP contribution is 2.10. The van der Waals surface area contributed by atoms with Crippen molar-refractivity contribution in [1.82, 2.24) is 15.0 Å². The second kappa shape index (κ2) is 7.00. The Bertz CT molecular complexity index is 610. The van der Waals surface area contributed by atoms with Gasteiger partial charge in [-0.05, 0) is 30.7 Å². The van der Waals surface area contributed by atoms with Crippen molar-refractivity contribution in [3.8, 4) is 6.07 Å². The fraction of sp³-hybridized carbons (Fsp3) is 0.438. The Morgan fingerprint density at radius 2 is 1.95 bits per heavy atom. The second-order valence-corrected chi connectivity index (χ2v) is 5.68. The Morgan fingerprint density at radius 3 is 2.57 bits per heavy atom. The number of benzene rings is 1. The monoisotopic (exact) mass is 284 g/mol. The minimum atomic E-state index is 0.520. The van der Waals surface area contributed by atoms with Crippen LogP contribution < -0.4 is 0 Å². The van der Waals surface area contributed by atoms with Crippen molar-refractivity contribution >= 4 is 0 Å². The molecule has 21 heavy (non-hydrogen) atoms. The predicted octanol–water partition coefficient (Wildman–Crippen LogP) is 2.77. The van der Waals surface area contributed by atoms with Crippen LogP contribution in [0.3, 0.4) is 0 Å². The average Bonchev–Trinajstić information content (AvgIpc) is 2.85. The summed E-state index contributed by atoms with van der Waals surface area (Å²) in [5, 5.41) is 12.8. The van der Waals surface area contributed by atoms with Gasteiger partial charge in [-0.3, -0.25) is 4.90 Å².